The van der Waals surface area contributed by atoms with Crippen LogP contribution < -0.4 is 10.2 Å². The molecule has 0 aliphatic heterocycles. The van der Waals surface area contributed by atoms with Gasteiger partial charge < -0.3 is 14.9 Å². The minimum Gasteiger partial charge on any atom is -0.508 e. The Balaban J connectivity index is 1.86. The fourth-order valence-electron chi connectivity index (χ4n) is 1.95. The Morgan fingerprint density at radius 1 is 1.22 bits per heavy atom. The van der Waals surface area contributed by atoms with Gasteiger partial charge in [0.05, 0.1) is 6.21 Å². The van der Waals surface area contributed by atoms with E-state index in [2.05, 4.69) is 10.5 Å². The molecular weight excluding hydrogens is 296 g/mol. The number of hydrogen-bond donors (Lipinski definition) is 3. The SMILES string of the molecule is Cc1ccc(OCC(=O)N/N=C\c2ccc(O)cc2O)c(C)c1. The molecule has 0 spiro atoms. The molecule has 0 heterocycles. The fourth-order valence-corrected chi connectivity index (χ4v) is 1.95. The van der Waals surface area contributed by atoms with E-state index in [0.29, 0.717) is 11.3 Å². The van der Waals surface area contributed by atoms with E-state index in [0.717, 1.165) is 11.1 Å². The number of hydrazone groups is 1. The Kier molecular flexibility index (Phi) is 5.19. The highest BCUT2D eigenvalue weighted by Gasteiger charge is 2.04. The van der Waals surface area contributed by atoms with E-state index >= 15 is 0 Å². The summed E-state index contributed by atoms with van der Waals surface area (Å²) in [4.78, 5) is 11.7. The summed E-state index contributed by atoms with van der Waals surface area (Å²) in [6.07, 6.45) is 1.28. The van der Waals surface area contributed by atoms with Crippen molar-refractivity contribution in [1.29, 1.82) is 0 Å². The summed E-state index contributed by atoms with van der Waals surface area (Å²) in [6.45, 7) is 3.73. The Morgan fingerprint density at radius 3 is 2.70 bits per heavy atom. The van der Waals surface area contributed by atoms with Gasteiger partial charge in [-0.2, -0.15) is 5.10 Å². The molecule has 2 aromatic rings. The predicted octanol–water partition coefficient (Wildman–Crippen LogP) is 2.24. The summed E-state index contributed by atoms with van der Waals surface area (Å²) in [5.74, 6) is 0.0467. The number of hydrogen-bond acceptors (Lipinski definition) is 5. The van der Waals surface area contributed by atoms with Crippen LogP contribution in [-0.4, -0.2) is 28.9 Å². The number of carbonyl (C=O) groups is 1. The number of benzene rings is 2. The number of phenolic OH excluding ortho intramolecular Hbond substituents is 2. The van der Waals surface area contributed by atoms with Crippen LogP contribution in [-0.2, 0) is 4.79 Å². The van der Waals surface area contributed by atoms with Crippen molar-refractivity contribution in [3.63, 3.8) is 0 Å². The van der Waals surface area contributed by atoms with Crippen LogP contribution in [0.5, 0.6) is 17.2 Å². The summed E-state index contributed by atoms with van der Waals surface area (Å²) < 4.78 is 5.43. The third kappa shape index (κ3) is 4.74. The minimum atomic E-state index is -0.417. The first-order chi connectivity index (χ1) is 11.0. The highest BCUT2D eigenvalue weighted by molar-refractivity contribution is 5.85. The molecule has 0 aliphatic carbocycles. The second-order valence-corrected chi connectivity index (χ2v) is 5.09. The van der Waals surface area contributed by atoms with E-state index in [1.807, 2.05) is 32.0 Å². The second-order valence-electron chi connectivity index (χ2n) is 5.09. The largest absolute Gasteiger partial charge is 0.508 e. The summed E-state index contributed by atoms with van der Waals surface area (Å²) in [5, 5.41) is 22.5. The second kappa shape index (κ2) is 7.31. The van der Waals surface area contributed by atoms with Crippen LogP contribution in [0.25, 0.3) is 0 Å². The number of rotatable bonds is 5. The van der Waals surface area contributed by atoms with Crippen LogP contribution in [0.15, 0.2) is 41.5 Å². The maximum atomic E-state index is 11.7. The van der Waals surface area contributed by atoms with E-state index in [9.17, 15) is 15.0 Å². The highest BCUT2D eigenvalue weighted by atomic mass is 16.5. The molecule has 6 nitrogen and oxygen atoms in total. The zero-order valence-corrected chi connectivity index (χ0v) is 12.9. The summed E-state index contributed by atoms with van der Waals surface area (Å²) >= 11 is 0. The topological polar surface area (TPSA) is 91.2 Å². The van der Waals surface area contributed by atoms with E-state index in [-0.39, 0.29) is 18.1 Å². The number of nitrogens with zero attached hydrogens (tertiary/aromatic N) is 1. The average Bonchev–Trinajstić information content (AvgIpc) is 2.48. The van der Waals surface area contributed by atoms with E-state index in [4.69, 9.17) is 4.74 Å². The van der Waals surface area contributed by atoms with Gasteiger partial charge in [-0.1, -0.05) is 17.7 Å². The molecule has 1 amide bonds. The number of phenols is 2. The molecule has 6 heteroatoms. The molecule has 0 atom stereocenters. The lowest BCUT2D eigenvalue weighted by atomic mass is 10.1. The fraction of sp³-hybridized carbons (Fsp3) is 0.176. The van der Waals surface area contributed by atoms with Crippen molar-refractivity contribution in [3.05, 3.63) is 53.1 Å². The lowest BCUT2D eigenvalue weighted by Crippen LogP contribution is -2.24. The van der Waals surface area contributed by atoms with Gasteiger partial charge in [0.25, 0.3) is 5.91 Å². The van der Waals surface area contributed by atoms with Crippen LogP contribution in [0.4, 0.5) is 0 Å². The van der Waals surface area contributed by atoms with Crippen LogP contribution in [0, 0.1) is 13.8 Å². The number of nitrogens with one attached hydrogen (secondary N) is 1. The molecule has 2 rings (SSSR count). The van der Waals surface area contributed by atoms with Crippen LogP contribution in [0.2, 0.25) is 0 Å². The first-order valence-corrected chi connectivity index (χ1v) is 6.99. The number of aromatic hydroxyl groups is 2. The normalized spacial score (nSPS) is 10.7. The van der Waals surface area contributed by atoms with Crippen molar-refractivity contribution in [2.45, 2.75) is 13.8 Å². The van der Waals surface area contributed by atoms with Gasteiger partial charge >= 0.3 is 0 Å². The zero-order valence-electron chi connectivity index (χ0n) is 12.9. The summed E-state index contributed by atoms with van der Waals surface area (Å²) in [5.41, 5.74) is 4.76. The van der Waals surface area contributed by atoms with Gasteiger partial charge in [-0.25, -0.2) is 5.43 Å². The maximum absolute atomic E-state index is 11.7. The molecular formula is C17H18N2O4. The highest BCUT2D eigenvalue weighted by Crippen LogP contribution is 2.20. The number of ether oxygens (including phenoxy) is 1. The molecule has 3 N–H and O–H groups in total. The molecule has 120 valence electrons. The molecule has 0 bridgehead atoms. The standard InChI is InChI=1S/C17H18N2O4/c1-11-3-6-16(12(2)7-11)23-10-17(22)19-18-9-13-4-5-14(20)8-15(13)21/h3-9,20-21H,10H2,1-2H3,(H,19,22)/b18-9-. The molecule has 0 aliphatic rings. The third-order valence-electron chi connectivity index (χ3n) is 3.10. The smallest absolute Gasteiger partial charge is 0.277 e. The first kappa shape index (κ1) is 16.4. The predicted molar refractivity (Wildman–Crippen MR) is 86.9 cm³/mol. The van der Waals surface area contributed by atoms with Gasteiger partial charge in [0.1, 0.15) is 17.2 Å². The van der Waals surface area contributed by atoms with Crippen molar-refractivity contribution in [3.8, 4) is 17.2 Å². The van der Waals surface area contributed by atoms with Crippen molar-refractivity contribution in [2.24, 2.45) is 5.10 Å². The van der Waals surface area contributed by atoms with E-state index < -0.39 is 5.91 Å². The lowest BCUT2D eigenvalue weighted by molar-refractivity contribution is -0.123. The zero-order chi connectivity index (χ0) is 16.8. The maximum Gasteiger partial charge on any atom is 0.277 e. The van der Waals surface area contributed by atoms with Crippen LogP contribution in [0.3, 0.4) is 0 Å². The van der Waals surface area contributed by atoms with Crippen LogP contribution in [0.1, 0.15) is 16.7 Å². The van der Waals surface area contributed by atoms with Gasteiger partial charge in [0, 0.05) is 11.6 Å². The number of carbonyl (C=O) groups excluding carboxylic acids is 1. The molecule has 0 saturated carbocycles. The van der Waals surface area contributed by atoms with Gasteiger partial charge in [0.2, 0.25) is 0 Å². The summed E-state index contributed by atoms with van der Waals surface area (Å²) in [7, 11) is 0. The molecule has 0 unspecified atom stereocenters. The van der Waals surface area contributed by atoms with Crippen molar-refractivity contribution >= 4 is 12.1 Å². The Hall–Kier alpha value is -3.02. The quantitative estimate of drug-likeness (QED) is 0.583. The van der Waals surface area contributed by atoms with Crippen molar-refractivity contribution < 1.29 is 19.7 Å². The van der Waals surface area contributed by atoms with Crippen LogP contribution >= 0.6 is 0 Å². The Bertz CT molecular complexity index is 741. The molecule has 0 radical (unpaired) electrons. The van der Waals surface area contributed by atoms with Gasteiger partial charge in [-0.3, -0.25) is 4.79 Å². The average molecular weight is 314 g/mol. The van der Waals surface area contributed by atoms with Gasteiger partial charge in [0.15, 0.2) is 6.61 Å². The first-order valence-electron chi connectivity index (χ1n) is 6.99. The minimum absolute atomic E-state index is 0.0504. The molecule has 23 heavy (non-hydrogen) atoms. The lowest BCUT2D eigenvalue weighted by Gasteiger charge is -2.08. The monoisotopic (exact) mass is 314 g/mol. The number of amides is 1. The Morgan fingerprint density at radius 2 is 2.00 bits per heavy atom. The molecule has 0 saturated heterocycles. The number of aryl methyl sites for hydroxylation is 2. The Labute approximate surface area is 134 Å². The van der Waals surface area contributed by atoms with Crippen molar-refractivity contribution in [2.75, 3.05) is 6.61 Å². The molecule has 0 aromatic heterocycles. The summed E-state index contributed by atoms with van der Waals surface area (Å²) in [6, 6.07) is 9.77. The van der Waals surface area contributed by atoms with Gasteiger partial charge in [-0.15, -0.1) is 0 Å². The van der Waals surface area contributed by atoms with E-state index in [1.54, 1.807) is 0 Å². The third-order valence-corrected chi connectivity index (χ3v) is 3.10. The van der Waals surface area contributed by atoms with E-state index in [1.165, 1.54) is 24.4 Å². The molecule has 0 fully saturated rings. The molecule has 2 aromatic carbocycles. The van der Waals surface area contributed by atoms with Crippen molar-refractivity contribution in [1.82, 2.24) is 5.43 Å². The van der Waals surface area contributed by atoms with Gasteiger partial charge in [-0.05, 0) is 37.6 Å².